The van der Waals surface area contributed by atoms with Gasteiger partial charge < -0.3 is 5.32 Å². The van der Waals surface area contributed by atoms with Gasteiger partial charge in [0.25, 0.3) is 5.56 Å². The minimum absolute atomic E-state index is 0.0904. The number of aromatic nitrogens is 2. The molecule has 0 radical (unpaired) electrons. The van der Waals surface area contributed by atoms with Crippen LogP contribution in [0, 0.1) is 18.3 Å². The summed E-state index contributed by atoms with van der Waals surface area (Å²) in [6.07, 6.45) is 9.12. The molecular formula is C31H32N4O2. The van der Waals surface area contributed by atoms with E-state index in [2.05, 4.69) is 24.4 Å². The average Bonchev–Trinajstić information content (AvgIpc) is 2.89. The summed E-state index contributed by atoms with van der Waals surface area (Å²) >= 11 is 0. The zero-order valence-electron chi connectivity index (χ0n) is 21.7. The number of hydrogen-bond donors (Lipinski definition) is 1. The summed E-state index contributed by atoms with van der Waals surface area (Å²) in [5, 5.41) is 12.3. The Bertz CT molecular complexity index is 1470. The van der Waals surface area contributed by atoms with Crippen molar-refractivity contribution in [2.75, 3.05) is 5.32 Å². The number of hydrogen-bond acceptors (Lipinski definition) is 4. The van der Waals surface area contributed by atoms with Crippen LogP contribution in [0.4, 0.5) is 5.69 Å². The van der Waals surface area contributed by atoms with Gasteiger partial charge in [-0.3, -0.25) is 14.2 Å². The van der Waals surface area contributed by atoms with E-state index in [4.69, 9.17) is 4.98 Å². The summed E-state index contributed by atoms with van der Waals surface area (Å²) in [5.41, 5.74) is 6.45. The van der Waals surface area contributed by atoms with E-state index in [1.54, 1.807) is 16.7 Å². The summed E-state index contributed by atoms with van der Waals surface area (Å²) in [7, 11) is 0. The number of rotatable bonds is 8. The Morgan fingerprint density at radius 3 is 2.59 bits per heavy atom. The molecule has 0 spiro atoms. The predicted octanol–water partition coefficient (Wildman–Crippen LogP) is 6.06. The van der Waals surface area contributed by atoms with Crippen LogP contribution in [0.5, 0.6) is 0 Å². The van der Waals surface area contributed by atoms with Crippen molar-refractivity contribution in [1.82, 2.24) is 9.55 Å². The van der Waals surface area contributed by atoms with Crippen LogP contribution in [-0.2, 0) is 17.6 Å². The standard InChI is InChI=1S/C31H32N4O2/c1-4-5-13-30-29(18-23-14-16-24(17-15-23)28-12-7-6-9-25(28)20-32)31(37)35(21(2)33-30)27-11-8-10-26(19-27)34-22(3)36/h8-12,14-17,19H,4-7,13,18H2,1-3H3,(H,34,36). The molecule has 0 atom stereocenters. The fourth-order valence-corrected chi connectivity index (χ4v) is 4.74. The smallest absolute Gasteiger partial charge is 0.261 e. The van der Waals surface area contributed by atoms with E-state index >= 15 is 0 Å². The van der Waals surface area contributed by atoms with Gasteiger partial charge in [0, 0.05) is 24.6 Å². The van der Waals surface area contributed by atoms with E-state index in [0.717, 1.165) is 54.5 Å². The molecule has 1 N–H and O–H groups in total. The first-order valence-electron chi connectivity index (χ1n) is 12.8. The van der Waals surface area contributed by atoms with Crippen LogP contribution in [0.1, 0.15) is 67.7 Å². The zero-order chi connectivity index (χ0) is 26.4. The largest absolute Gasteiger partial charge is 0.326 e. The molecule has 4 rings (SSSR count). The first kappa shape index (κ1) is 25.8. The van der Waals surface area contributed by atoms with Gasteiger partial charge in [-0.2, -0.15) is 5.26 Å². The molecule has 0 bridgehead atoms. The van der Waals surface area contributed by atoms with E-state index < -0.39 is 0 Å². The van der Waals surface area contributed by atoms with Crippen LogP contribution in [0.15, 0.2) is 71.1 Å². The lowest BCUT2D eigenvalue weighted by Crippen LogP contribution is -2.28. The molecule has 6 heteroatoms. The minimum Gasteiger partial charge on any atom is -0.326 e. The molecule has 0 aliphatic heterocycles. The molecule has 1 amide bonds. The normalized spacial score (nSPS) is 12.9. The lowest BCUT2D eigenvalue weighted by molar-refractivity contribution is -0.114. The Hall–Kier alpha value is -4.24. The Kier molecular flexibility index (Phi) is 8.15. The number of nitriles is 1. The van der Waals surface area contributed by atoms with E-state index in [9.17, 15) is 14.9 Å². The predicted molar refractivity (Wildman–Crippen MR) is 148 cm³/mol. The van der Waals surface area contributed by atoms with Gasteiger partial charge in [0.05, 0.1) is 23.0 Å². The lowest BCUT2D eigenvalue weighted by Gasteiger charge is -2.17. The van der Waals surface area contributed by atoms with Crippen molar-refractivity contribution in [3.63, 3.8) is 0 Å². The number of carbonyl (C=O) groups is 1. The molecule has 1 aliphatic rings. The Labute approximate surface area is 218 Å². The average molecular weight is 493 g/mol. The van der Waals surface area contributed by atoms with Crippen molar-refractivity contribution in [3.8, 4) is 11.8 Å². The number of allylic oxidation sites excluding steroid dienone is 4. The van der Waals surface area contributed by atoms with Crippen molar-refractivity contribution in [3.05, 3.63) is 105 Å². The number of carbonyl (C=O) groups excluding carboxylic acids is 1. The van der Waals surface area contributed by atoms with Crippen LogP contribution >= 0.6 is 0 Å². The Morgan fingerprint density at radius 1 is 1.14 bits per heavy atom. The quantitative estimate of drug-likeness (QED) is 0.414. The van der Waals surface area contributed by atoms with Gasteiger partial charge in [-0.15, -0.1) is 0 Å². The van der Waals surface area contributed by atoms with Gasteiger partial charge in [0.2, 0.25) is 5.91 Å². The van der Waals surface area contributed by atoms with Crippen molar-refractivity contribution in [1.29, 1.82) is 5.26 Å². The van der Waals surface area contributed by atoms with Crippen molar-refractivity contribution in [2.24, 2.45) is 0 Å². The Balaban J connectivity index is 1.72. The van der Waals surface area contributed by atoms with Crippen molar-refractivity contribution >= 4 is 17.2 Å². The number of anilines is 1. The van der Waals surface area contributed by atoms with Crippen molar-refractivity contribution in [2.45, 2.75) is 59.3 Å². The monoisotopic (exact) mass is 492 g/mol. The number of nitrogens with zero attached hydrogens (tertiary/aromatic N) is 3. The molecule has 37 heavy (non-hydrogen) atoms. The second kappa shape index (κ2) is 11.7. The third-order valence-electron chi connectivity index (χ3n) is 6.54. The second-order valence-electron chi connectivity index (χ2n) is 9.36. The number of benzene rings is 2. The van der Waals surface area contributed by atoms with Gasteiger partial charge in [-0.1, -0.05) is 55.8 Å². The lowest BCUT2D eigenvalue weighted by atomic mass is 9.91. The summed E-state index contributed by atoms with van der Waals surface area (Å²) < 4.78 is 1.63. The number of unbranched alkanes of at least 4 members (excludes halogenated alkanes) is 1. The van der Waals surface area contributed by atoms with Crippen LogP contribution in [0.3, 0.4) is 0 Å². The van der Waals surface area contributed by atoms with Gasteiger partial charge in [0.1, 0.15) is 5.82 Å². The summed E-state index contributed by atoms with van der Waals surface area (Å²) in [5.74, 6) is 0.454. The number of aryl methyl sites for hydroxylation is 2. The van der Waals surface area contributed by atoms with E-state index in [1.165, 1.54) is 6.92 Å². The van der Waals surface area contributed by atoms with Crippen LogP contribution in [-0.4, -0.2) is 15.5 Å². The molecule has 0 saturated heterocycles. The molecule has 0 fully saturated rings. The summed E-state index contributed by atoms with van der Waals surface area (Å²) in [6.45, 7) is 5.43. The molecule has 0 saturated carbocycles. The molecule has 1 aromatic heterocycles. The highest BCUT2D eigenvalue weighted by Gasteiger charge is 2.17. The number of nitrogens with one attached hydrogen (secondary N) is 1. The SMILES string of the molecule is CCCCc1nc(C)n(-c2cccc(NC(C)=O)c2)c(=O)c1Cc1ccc(C2=CCCC=C2C#N)cc1. The summed E-state index contributed by atoms with van der Waals surface area (Å²) in [6, 6.07) is 17.7. The first-order chi connectivity index (χ1) is 17.9. The second-order valence-corrected chi connectivity index (χ2v) is 9.36. The highest BCUT2D eigenvalue weighted by atomic mass is 16.1. The van der Waals surface area contributed by atoms with E-state index in [0.29, 0.717) is 34.8 Å². The third kappa shape index (κ3) is 5.95. The Morgan fingerprint density at radius 2 is 1.89 bits per heavy atom. The van der Waals surface area contributed by atoms with Crippen molar-refractivity contribution < 1.29 is 4.79 Å². The molecule has 3 aromatic rings. The molecule has 1 heterocycles. The molecule has 6 nitrogen and oxygen atoms in total. The van der Waals surface area contributed by atoms with Gasteiger partial charge in [0.15, 0.2) is 0 Å². The fourth-order valence-electron chi connectivity index (χ4n) is 4.74. The maximum absolute atomic E-state index is 13.9. The highest BCUT2D eigenvalue weighted by molar-refractivity contribution is 5.89. The van der Waals surface area contributed by atoms with Crippen LogP contribution in [0.25, 0.3) is 11.3 Å². The molecule has 2 aromatic carbocycles. The van der Waals surface area contributed by atoms with Gasteiger partial charge in [-0.25, -0.2) is 4.98 Å². The molecular weight excluding hydrogens is 460 g/mol. The first-order valence-corrected chi connectivity index (χ1v) is 12.8. The summed E-state index contributed by atoms with van der Waals surface area (Å²) in [4.78, 5) is 30.3. The maximum Gasteiger partial charge on any atom is 0.261 e. The molecule has 1 aliphatic carbocycles. The van der Waals surface area contributed by atoms with E-state index in [1.807, 2.05) is 49.4 Å². The topological polar surface area (TPSA) is 87.8 Å². The minimum atomic E-state index is -0.167. The molecule has 0 unspecified atom stereocenters. The zero-order valence-corrected chi connectivity index (χ0v) is 21.7. The van der Waals surface area contributed by atoms with Gasteiger partial charge in [-0.05, 0) is 67.5 Å². The third-order valence-corrected chi connectivity index (χ3v) is 6.54. The van der Waals surface area contributed by atoms with Crippen LogP contribution in [0.2, 0.25) is 0 Å². The number of amides is 1. The fraction of sp³-hybridized carbons (Fsp3) is 0.290. The highest BCUT2D eigenvalue weighted by Crippen LogP contribution is 2.28. The molecule has 188 valence electrons. The van der Waals surface area contributed by atoms with E-state index in [-0.39, 0.29) is 11.5 Å². The van der Waals surface area contributed by atoms with Crippen LogP contribution < -0.4 is 10.9 Å². The van der Waals surface area contributed by atoms with Gasteiger partial charge >= 0.3 is 0 Å². The maximum atomic E-state index is 13.9.